The molecule has 5 nitrogen and oxygen atoms in total. The van der Waals surface area contributed by atoms with Crippen LogP contribution in [-0.2, 0) is 21.4 Å². The predicted molar refractivity (Wildman–Crippen MR) is 126 cm³/mol. The highest BCUT2D eigenvalue weighted by Crippen LogP contribution is 2.21. The van der Waals surface area contributed by atoms with E-state index in [2.05, 4.69) is 21.2 Å². The van der Waals surface area contributed by atoms with E-state index in [1.165, 1.54) is 16.4 Å². The molecule has 0 bridgehead atoms. The Balaban J connectivity index is 1.81. The predicted octanol–water partition coefficient (Wildman–Crippen LogP) is 5.17. The Labute approximate surface area is 196 Å². The van der Waals surface area contributed by atoms with Gasteiger partial charge in [-0.25, -0.2) is 8.42 Å². The fraction of sp³-hybridized carbons (Fsp3) is 0.174. The zero-order valence-corrected chi connectivity index (χ0v) is 20.0. The minimum atomic E-state index is -3.88. The molecule has 0 spiro atoms. The molecular formula is C23H22BrClN2O3S. The first-order chi connectivity index (χ1) is 14.8. The summed E-state index contributed by atoms with van der Waals surface area (Å²) in [5.74, 6) is -0.390. The number of hydrogen-bond donors (Lipinski definition) is 1. The van der Waals surface area contributed by atoms with Crippen molar-refractivity contribution in [1.29, 1.82) is 0 Å². The molecule has 0 unspecified atom stereocenters. The van der Waals surface area contributed by atoms with Crippen molar-refractivity contribution in [2.75, 3.05) is 6.54 Å². The van der Waals surface area contributed by atoms with Crippen LogP contribution in [0.15, 0.2) is 88.2 Å². The second kappa shape index (κ2) is 10.4. The SMILES string of the molecule is C[C@H](NC(=O)CN(Cc1ccccc1)S(=O)(=O)c1ccc(Br)cc1)c1ccc(Cl)cc1. The zero-order valence-electron chi connectivity index (χ0n) is 16.8. The maximum atomic E-state index is 13.3. The van der Waals surface area contributed by atoms with Gasteiger partial charge in [0.2, 0.25) is 15.9 Å². The summed E-state index contributed by atoms with van der Waals surface area (Å²) >= 11 is 9.24. The lowest BCUT2D eigenvalue weighted by Crippen LogP contribution is -2.41. The Morgan fingerprint density at radius 2 is 1.61 bits per heavy atom. The van der Waals surface area contributed by atoms with Crippen LogP contribution in [0.5, 0.6) is 0 Å². The number of halogens is 2. The van der Waals surface area contributed by atoms with Gasteiger partial charge in [-0.15, -0.1) is 0 Å². The maximum absolute atomic E-state index is 13.3. The molecule has 3 rings (SSSR count). The van der Waals surface area contributed by atoms with Gasteiger partial charge in [0, 0.05) is 16.0 Å². The zero-order chi connectivity index (χ0) is 22.4. The quantitative estimate of drug-likeness (QED) is 0.445. The molecule has 0 fully saturated rings. The van der Waals surface area contributed by atoms with Crippen LogP contribution in [0, 0.1) is 0 Å². The van der Waals surface area contributed by atoms with E-state index in [9.17, 15) is 13.2 Å². The minimum Gasteiger partial charge on any atom is -0.348 e. The van der Waals surface area contributed by atoms with E-state index in [0.717, 1.165) is 15.6 Å². The third-order valence-corrected chi connectivity index (χ3v) is 7.31. The van der Waals surface area contributed by atoms with Gasteiger partial charge < -0.3 is 5.32 Å². The van der Waals surface area contributed by atoms with Crippen LogP contribution in [0.2, 0.25) is 5.02 Å². The molecule has 3 aromatic rings. The standard InChI is InChI=1S/C23H22BrClN2O3S/c1-17(19-7-11-21(25)12-8-19)26-23(28)16-27(15-18-5-3-2-4-6-18)31(29,30)22-13-9-20(24)10-14-22/h2-14,17H,15-16H2,1H3,(H,26,28)/t17-/m0/s1. The third kappa shape index (κ3) is 6.40. The van der Waals surface area contributed by atoms with Gasteiger partial charge in [0.1, 0.15) is 0 Å². The molecule has 0 aliphatic carbocycles. The van der Waals surface area contributed by atoms with Crippen molar-refractivity contribution in [3.63, 3.8) is 0 Å². The van der Waals surface area contributed by atoms with Gasteiger partial charge in [0.25, 0.3) is 0 Å². The van der Waals surface area contributed by atoms with Crippen molar-refractivity contribution < 1.29 is 13.2 Å². The second-order valence-corrected chi connectivity index (χ2v) is 10.3. The van der Waals surface area contributed by atoms with Crippen molar-refractivity contribution in [3.8, 4) is 0 Å². The summed E-state index contributed by atoms with van der Waals surface area (Å²) in [5.41, 5.74) is 1.67. The molecule has 3 aromatic carbocycles. The molecule has 0 aliphatic rings. The van der Waals surface area contributed by atoms with Gasteiger partial charge in [0.15, 0.2) is 0 Å². The molecule has 1 atom stereocenters. The monoisotopic (exact) mass is 520 g/mol. The highest BCUT2D eigenvalue weighted by Gasteiger charge is 2.27. The summed E-state index contributed by atoms with van der Waals surface area (Å²) in [6, 6.07) is 22.4. The average Bonchev–Trinajstić information content (AvgIpc) is 2.74. The first-order valence-electron chi connectivity index (χ1n) is 9.60. The van der Waals surface area contributed by atoms with Gasteiger partial charge in [-0.1, -0.05) is 70.0 Å². The number of hydrogen-bond acceptors (Lipinski definition) is 3. The van der Waals surface area contributed by atoms with Crippen molar-refractivity contribution in [2.24, 2.45) is 0 Å². The summed E-state index contributed by atoms with van der Waals surface area (Å²) < 4.78 is 28.5. The number of amides is 1. The van der Waals surface area contributed by atoms with Crippen molar-refractivity contribution >= 4 is 43.5 Å². The van der Waals surface area contributed by atoms with Crippen molar-refractivity contribution in [2.45, 2.75) is 24.4 Å². The molecule has 1 N–H and O–H groups in total. The average molecular weight is 522 g/mol. The second-order valence-electron chi connectivity index (χ2n) is 7.05. The number of nitrogens with one attached hydrogen (secondary N) is 1. The number of benzene rings is 3. The number of nitrogens with zero attached hydrogens (tertiary/aromatic N) is 1. The fourth-order valence-electron chi connectivity index (χ4n) is 3.05. The van der Waals surface area contributed by atoms with E-state index >= 15 is 0 Å². The Kier molecular flexibility index (Phi) is 7.89. The summed E-state index contributed by atoms with van der Waals surface area (Å²) in [7, 11) is -3.88. The summed E-state index contributed by atoms with van der Waals surface area (Å²) in [4.78, 5) is 12.9. The van der Waals surface area contributed by atoms with Crippen molar-refractivity contribution in [3.05, 3.63) is 99.5 Å². The fourth-order valence-corrected chi connectivity index (χ4v) is 4.83. The molecule has 0 saturated heterocycles. The van der Waals surface area contributed by atoms with E-state index in [-0.39, 0.29) is 29.9 Å². The Morgan fingerprint density at radius 1 is 1.00 bits per heavy atom. The van der Waals surface area contributed by atoms with Gasteiger partial charge in [0.05, 0.1) is 17.5 Å². The highest BCUT2D eigenvalue weighted by molar-refractivity contribution is 9.10. The first-order valence-corrected chi connectivity index (χ1v) is 12.2. The molecule has 0 heterocycles. The van der Waals surface area contributed by atoms with E-state index in [0.29, 0.717) is 5.02 Å². The molecule has 0 aromatic heterocycles. The summed E-state index contributed by atoms with van der Waals surface area (Å²) in [6.45, 7) is 1.62. The summed E-state index contributed by atoms with van der Waals surface area (Å²) in [5, 5.41) is 3.48. The largest absolute Gasteiger partial charge is 0.348 e. The van der Waals surface area contributed by atoms with Crippen LogP contribution < -0.4 is 5.32 Å². The Morgan fingerprint density at radius 3 is 2.23 bits per heavy atom. The van der Waals surface area contributed by atoms with Gasteiger partial charge in [-0.2, -0.15) is 4.31 Å². The number of sulfonamides is 1. The molecule has 0 radical (unpaired) electrons. The molecule has 0 aliphatic heterocycles. The lowest BCUT2D eigenvalue weighted by Gasteiger charge is -2.23. The molecular weight excluding hydrogens is 500 g/mol. The highest BCUT2D eigenvalue weighted by atomic mass is 79.9. The van der Waals surface area contributed by atoms with E-state index in [1.807, 2.05) is 49.4 Å². The van der Waals surface area contributed by atoms with E-state index < -0.39 is 10.0 Å². The first kappa shape index (κ1) is 23.5. The normalized spacial score (nSPS) is 12.5. The number of carbonyl (C=O) groups excluding carboxylic acids is 1. The topological polar surface area (TPSA) is 66.5 Å². The van der Waals surface area contributed by atoms with Crippen LogP contribution in [0.4, 0.5) is 0 Å². The van der Waals surface area contributed by atoms with Gasteiger partial charge >= 0.3 is 0 Å². The van der Waals surface area contributed by atoms with Crippen LogP contribution in [0.3, 0.4) is 0 Å². The van der Waals surface area contributed by atoms with Crippen LogP contribution in [-0.4, -0.2) is 25.2 Å². The van der Waals surface area contributed by atoms with E-state index in [4.69, 9.17) is 11.6 Å². The number of carbonyl (C=O) groups is 1. The molecule has 162 valence electrons. The molecule has 1 amide bonds. The minimum absolute atomic E-state index is 0.0853. The Bertz CT molecular complexity index is 1120. The lowest BCUT2D eigenvalue weighted by atomic mass is 10.1. The lowest BCUT2D eigenvalue weighted by molar-refractivity contribution is -0.122. The maximum Gasteiger partial charge on any atom is 0.243 e. The van der Waals surface area contributed by atoms with Crippen LogP contribution >= 0.6 is 27.5 Å². The number of rotatable bonds is 8. The van der Waals surface area contributed by atoms with Crippen LogP contribution in [0.1, 0.15) is 24.1 Å². The van der Waals surface area contributed by atoms with Gasteiger partial charge in [-0.05, 0) is 54.4 Å². The Hall–Kier alpha value is -2.19. The van der Waals surface area contributed by atoms with Gasteiger partial charge in [-0.3, -0.25) is 4.79 Å². The molecule has 31 heavy (non-hydrogen) atoms. The van der Waals surface area contributed by atoms with Crippen LogP contribution in [0.25, 0.3) is 0 Å². The molecule has 0 saturated carbocycles. The van der Waals surface area contributed by atoms with Crippen molar-refractivity contribution in [1.82, 2.24) is 9.62 Å². The van der Waals surface area contributed by atoms with E-state index in [1.54, 1.807) is 24.3 Å². The summed E-state index contributed by atoms with van der Waals surface area (Å²) in [6.07, 6.45) is 0. The molecule has 8 heteroatoms. The smallest absolute Gasteiger partial charge is 0.243 e. The third-order valence-electron chi connectivity index (χ3n) is 4.72.